The van der Waals surface area contributed by atoms with Crippen molar-refractivity contribution in [3.8, 4) is 0 Å². The van der Waals surface area contributed by atoms with E-state index in [0.717, 1.165) is 21.4 Å². The average molecular weight is 456 g/mol. The second-order valence-corrected chi connectivity index (χ2v) is 8.03. The van der Waals surface area contributed by atoms with Crippen LogP contribution in [0.4, 0.5) is 10.5 Å². The molecule has 1 aromatic heterocycles. The molecule has 0 bridgehead atoms. The molecule has 5 rings (SSSR count). The van der Waals surface area contributed by atoms with E-state index in [1.54, 1.807) is 24.3 Å². The number of benzene rings is 3. The van der Waals surface area contributed by atoms with Gasteiger partial charge in [0.05, 0.1) is 10.7 Å². The molecule has 33 heavy (non-hydrogen) atoms. The van der Waals surface area contributed by atoms with E-state index in [0.29, 0.717) is 12.1 Å². The van der Waals surface area contributed by atoms with E-state index < -0.39 is 17.8 Å². The molecule has 6 nitrogen and oxygen atoms in total. The molecule has 1 N–H and O–H groups in total. The number of fused-ring (bicyclic) bond motifs is 1. The van der Waals surface area contributed by atoms with Crippen molar-refractivity contribution in [2.24, 2.45) is 0 Å². The zero-order chi connectivity index (χ0) is 22.9. The van der Waals surface area contributed by atoms with Gasteiger partial charge in [0.1, 0.15) is 5.57 Å². The first-order valence-corrected chi connectivity index (χ1v) is 10.7. The fourth-order valence-corrected chi connectivity index (χ4v) is 4.19. The molecule has 3 aromatic carbocycles. The number of carbonyl (C=O) groups is 3. The van der Waals surface area contributed by atoms with Crippen molar-refractivity contribution in [3.63, 3.8) is 0 Å². The summed E-state index contributed by atoms with van der Waals surface area (Å²) in [7, 11) is 0. The molecule has 0 aliphatic carbocycles. The van der Waals surface area contributed by atoms with Gasteiger partial charge in [0.2, 0.25) is 0 Å². The van der Waals surface area contributed by atoms with Gasteiger partial charge in [-0.05, 0) is 29.8 Å². The normalized spacial score (nSPS) is 15.4. The van der Waals surface area contributed by atoms with Gasteiger partial charge in [-0.25, -0.2) is 9.69 Å². The van der Waals surface area contributed by atoms with Crippen molar-refractivity contribution in [1.82, 2.24) is 9.88 Å². The average Bonchev–Trinajstić information content (AvgIpc) is 3.16. The van der Waals surface area contributed by atoms with Gasteiger partial charge < -0.3 is 4.57 Å². The number of nitrogens with zero attached hydrogens (tertiary/aromatic N) is 2. The third-order valence-electron chi connectivity index (χ3n) is 5.51. The second-order valence-electron chi connectivity index (χ2n) is 7.62. The standard InChI is InChI=1S/C26H18ClN3O3/c27-21-11-5-7-13-23(21)30-25(32)20(24(31)28-26(30)33)14-18-16-29(15-17-8-2-1-3-9-17)22-12-6-4-10-19(18)22/h1-14,16H,15H2,(H,28,31,33)/b20-14+. The quantitative estimate of drug-likeness (QED) is 0.347. The second kappa shape index (κ2) is 8.41. The van der Waals surface area contributed by atoms with Crippen molar-refractivity contribution >= 4 is 52.1 Å². The molecule has 1 fully saturated rings. The number of amides is 4. The third-order valence-corrected chi connectivity index (χ3v) is 5.83. The van der Waals surface area contributed by atoms with Crippen molar-refractivity contribution in [2.75, 3.05) is 4.90 Å². The molecule has 0 atom stereocenters. The number of aromatic nitrogens is 1. The van der Waals surface area contributed by atoms with Gasteiger partial charge in [-0.15, -0.1) is 0 Å². The molecule has 2 heterocycles. The SMILES string of the molecule is O=C1NC(=O)N(c2ccccc2Cl)C(=O)/C1=C/c1cn(Cc2ccccc2)c2ccccc12. The Balaban J connectivity index is 1.59. The number of barbiturate groups is 1. The van der Waals surface area contributed by atoms with Gasteiger partial charge in [-0.3, -0.25) is 14.9 Å². The number of hydrogen-bond donors (Lipinski definition) is 1. The molecule has 0 unspecified atom stereocenters. The highest BCUT2D eigenvalue weighted by molar-refractivity contribution is 6.42. The Hall–Kier alpha value is -4.16. The number of nitrogens with one attached hydrogen (secondary N) is 1. The number of anilines is 1. The Kier molecular flexibility index (Phi) is 5.28. The van der Waals surface area contributed by atoms with Crippen LogP contribution in [0.3, 0.4) is 0 Å². The Morgan fingerprint density at radius 2 is 1.55 bits per heavy atom. The van der Waals surface area contributed by atoms with Crippen molar-refractivity contribution in [1.29, 1.82) is 0 Å². The number of halogens is 1. The van der Waals surface area contributed by atoms with Crippen LogP contribution in [0.25, 0.3) is 17.0 Å². The lowest BCUT2D eigenvalue weighted by molar-refractivity contribution is -0.122. The summed E-state index contributed by atoms with van der Waals surface area (Å²) in [5.41, 5.74) is 2.87. The lowest BCUT2D eigenvalue weighted by Crippen LogP contribution is -2.54. The highest BCUT2D eigenvalue weighted by Gasteiger charge is 2.37. The van der Waals surface area contributed by atoms with Gasteiger partial charge in [-0.1, -0.05) is 72.3 Å². The summed E-state index contributed by atoms with van der Waals surface area (Å²) in [5, 5.41) is 3.37. The smallest absolute Gasteiger partial charge is 0.335 e. The van der Waals surface area contributed by atoms with E-state index in [-0.39, 0.29) is 16.3 Å². The fourth-order valence-electron chi connectivity index (χ4n) is 3.97. The van der Waals surface area contributed by atoms with E-state index in [4.69, 9.17) is 11.6 Å². The van der Waals surface area contributed by atoms with Crippen LogP contribution in [0.1, 0.15) is 11.1 Å². The molecular weight excluding hydrogens is 438 g/mol. The monoisotopic (exact) mass is 455 g/mol. The van der Waals surface area contributed by atoms with Crippen LogP contribution in [-0.4, -0.2) is 22.4 Å². The predicted molar refractivity (Wildman–Crippen MR) is 128 cm³/mol. The first-order valence-electron chi connectivity index (χ1n) is 10.3. The summed E-state index contributed by atoms with van der Waals surface area (Å²) in [6.07, 6.45) is 3.43. The molecule has 1 aliphatic rings. The molecule has 162 valence electrons. The zero-order valence-electron chi connectivity index (χ0n) is 17.4. The highest BCUT2D eigenvalue weighted by Crippen LogP contribution is 2.30. The molecule has 4 aromatic rings. The van der Waals surface area contributed by atoms with Gasteiger partial charge in [-0.2, -0.15) is 0 Å². The van der Waals surface area contributed by atoms with Gasteiger partial charge in [0.15, 0.2) is 0 Å². The Labute approximate surface area is 194 Å². The van der Waals surface area contributed by atoms with Crippen LogP contribution in [0.15, 0.2) is 90.6 Å². The lowest BCUT2D eigenvalue weighted by Gasteiger charge is -2.26. The largest absolute Gasteiger partial charge is 0.342 e. The fraction of sp³-hybridized carbons (Fsp3) is 0.0385. The van der Waals surface area contributed by atoms with Crippen LogP contribution >= 0.6 is 11.6 Å². The Bertz CT molecular complexity index is 1440. The summed E-state index contributed by atoms with van der Waals surface area (Å²) in [4.78, 5) is 39.2. The summed E-state index contributed by atoms with van der Waals surface area (Å²) >= 11 is 6.21. The number of para-hydroxylation sites is 2. The lowest BCUT2D eigenvalue weighted by atomic mass is 10.1. The maximum absolute atomic E-state index is 13.2. The molecule has 4 amide bonds. The molecule has 0 spiro atoms. The number of hydrogen-bond acceptors (Lipinski definition) is 3. The highest BCUT2D eigenvalue weighted by atomic mass is 35.5. The predicted octanol–water partition coefficient (Wildman–Crippen LogP) is 5.01. The minimum atomic E-state index is -0.832. The van der Waals surface area contributed by atoms with Crippen LogP contribution in [0.5, 0.6) is 0 Å². The molecule has 0 radical (unpaired) electrons. The summed E-state index contributed by atoms with van der Waals surface area (Å²) in [5.74, 6) is -1.47. The first kappa shape index (κ1) is 20.7. The minimum absolute atomic E-state index is 0.142. The zero-order valence-corrected chi connectivity index (χ0v) is 18.1. The maximum Gasteiger partial charge on any atom is 0.335 e. The summed E-state index contributed by atoms with van der Waals surface area (Å²) in [6, 6.07) is 23.4. The van der Waals surface area contributed by atoms with E-state index in [2.05, 4.69) is 9.88 Å². The van der Waals surface area contributed by atoms with Crippen LogP contribution in [0.2, 0.25) is 5.02 Å². The van der Waals surface area contributed by atoms with Gasteiger partial charge >= 0.3 is 6.03 Å². The molecule has 7 heteroatoms. The Morgan fingerprint density at radius 3 is 2.33 bits per heavy atom. The first-order chi connectivity index (χ1) is 16.0. The topological polar surface area (TPSA) is 71.4 Å². The van der Waals surface area contributed by atoms with Crippen LogP contribution in [-0.2, 0) is 16.1 Å². The molecular formula is C26H18ClN3O3. The van der Waals surface area contributed by atoms with Gasteiger partial charge in [0, 0.05) is 29.2 Å². The van der Waals surface area contributed by atoms with E-state index in [1.807, 2.05) is 60.8 Å². The van der Waals surface area contributed by atoms with Crippen LogP contribution < -0.4 is 10.2 Å². The van der Waals surface area contributed by atoms with Crippen molar-refractivity contribution in [2.45, 2.75) is 6.54 Å². The van der Waals surface area contributed by atoms with E-state index in [1.165, 1.54) is 6.08 Å². The summed E-state index contributed by atoms with van der Waals surface area (Å²) in [6.45, 7) is 0.634. The maximum atomic E-state index is 13.2. The number of rotatable bonds is 4. The van der Waals surface area contributed by atoms with Crippen molar-refractivity contribution < 1.29 is 14.4 Å². The molecule has 1 aliphatic heterocycles. The summed E-state index contributed by atoms with van der Waals surface area (Å²) < 4.78 is 2.07. The van der Waals surface area contributed by atoms with Crippen molar-refractivity contribution in [3.05, 3.63) is 107 Å². The number of carbonyl (C=O) groups excluding carboxylic acids is 3. The van der Waals surface area contributed by atoms with Gasteiger partial charge in [0.25, 0.3) is 11.8 Å². The molecule has 0 saturated carbocycles. The van der Waals surface area contributed by atoms with E-state index >= 15 is 0 Å². The molecule has 1 saturated heterocycles. The van der Waals surface area contributed by atoms with E-state index in [9.17, 15) is 14.4 Å². The minimum Gasteiger partial charge on any atom is -0.342 e. The number of imide groups is 2. The van der Waals surface area contributed by atoms with Crippen LogP contribution in [0, 0.1) is 0 Å². The number of urea groups is 1. The third kappa shape index (κ3) is 3.81. The Morgan fingerprint density at radius 1 is 0.848 bits per heavy atom.